The first-order valence-electron chi connectivity index (χ1n) is 4.03. The molecule has 0 aliphatic heterocycles. The van der Waals surface area contributed by atoms with Crippen LogP contribution in [0, 0.1) is 4.64 Å². The number of nitrogens with one attached hydrogen (secondary N) is 1. The summed E-state index contributed by atoms with van der Waals surface area (Å²) in [6.45, 7) is 0. The van der Waals surface area contributed by atoms with Crippen molar-refractivity contribution >= 4 is 12.2 Å². The molecule has 0 saturated carbocycles. The zero-order valence-corrected chi connectivity index (χ0v) is 8.30. The maximum Gasteiger partial charge on any atom is 0.326 e. The van der Waals surface area contributed by atoms with E-state index in [0.29, 0.717) is 16.1 Å². The molecule has 0 aliphatic rings. The monoisotopic (exact) mass is 208 g/mol. The van der Waals surface area contributed by atoms with E-state index < -0.39 is 0 Å². The minimum absolute atomic E-state index is 0.246. The second-order valence-electron chi connectivity index (χ2n) is 2.86. The van der Waals surface area contributed by atoms with Crippen molar-refractivity contribution in [1.82, 2.24) is 9.55 Å². The summed E-state index contributed by atoms with van der Waals surface area (Å²) < 4.78 is 7.05. The highest BCUT2D eigenvalue weighted by Crippen LogP contribution is 2.16. The van der Waals surface area contributed by atoms with E-state index in [2.05, 4.69) is 4.98 Å². The SMILES string of the molecule is Cn1c(-c2ccco2)cc(=S)[nH]c1=O. The zero-order valence-electron chi connectivity index (χ0n) is 7.48. The van der Waals surface area contributed by atoms with Gasteiger partial charge in [0.25, 0.3) is 0 Å². The second-order valence-corrected chi connectivity index (χ2v) is 3.30. The van der Waals surface area contributed by atoms with E-state index in [4.69, 9.17) is 16.6 Å². The van der Waals surface area contributed by atoms with E-state index >= 15 is 0 Å². The molecular formula is C9H8N2O2S. The lowest BCUT2D eigenvalue weighted by atomic mass is 10.3. The number of rotatable bonds is 1. The molecule has 2 aromatic rings. The van der Waals surface area contributed by atoms with Crippen LogP contribution in [0.3, 0.4) is 0 Å². The van der Waals surface area contributed by atoms with Crippen LogP contribution in [-0.4, -0.2) is 9.55 Å². The Kier molecular flexibility index (Phi) is 2.09. The van der Waals surface area contributed by atoms with Gasteiger partial charge >= 0.3 is 5.69 Å². The van der Waals surface area contributed by atoms with Gasteiger partial charge in [-0.05, 0) is 12.1 Å². The topological polar surface area (TPSA) is 50.9 Å². The van der Waals surface area contributed by atoms with Crippen molar-refractivity contribution in [2.45, 2.75) is 0 Å². The van der Waals surface area contributed by atoms with Gasteiger partial charge in [-0.3, -0.25) is 9.55 Å². The molecule has 4 nitrogen and oxygen atoms in total. The molecule has 72 valence electrons. The van der Waals surface area contributed by atoms with Gasteiger partial charge in [0.1, 0.15) is 4.64 Å². The van der Waals surface area contributed by atoms with Crippen molar-refractivity contribution < 1.29 is 4.42 Å². The number of aromatic nitrogens is 2. The van der Waals surface area contributed by atoms with Gasteiger partial charge in [-0.1, -0.05) is 12.2 Å². The summed E-state index contributed by atoms with van der Waals surface area (Å²) in [5.41, 5.74) is 0.424. The maximum atomic E-state index is 11.4. The summed E-state index contributed by atoms with van der Waals surface area (Å²) in [7, 11) is 1.66. The lowest BCUT2D eigenvalue weighted by Gasteiger charge is -2.03. The Bertz CT molecular complexity index is 551. The Morgan fingerprint density at radius 1 is 1.57 bits per heavy atom. The predicted octanol–water partition coefficient (Wildman–Crippen LogP) is 1.70. The van der Waals surface area contributed by atoms with Crippen LogP contribution in [0.4, 0.5) is 0 Å². The zero-order chi connectivity index (χ0) is 10.1. The molecule has 2 aromatic heterocycles. The van der Waals surface area contributed by atoms with Gasteiger partial charge in [0.05, 0.1) is 12.0 Å². The first kappa shape index (κ1) is 8.96. The van der Waals surface area contributed by atoms with Crippen molar-refractivity contribution in [1.29, 1.82) is 0 Å². The quantitative estimate of drug-likeness (QED) is 0.726. The largest absolute Gasteiger partial charge is 0.463 e. The Morgan fingerprint density at radius 3 is 3.00 bits per heavy atom. The first-order valence-corrected chi connectivity index (χ1v) is 4.43. The molecule has 0 fully saturated rings. The number of aromatic amines is 1. The Morgan fingerprint density at radius 2 is 2.36 bits per heavy atom. The number of furan rings is 1. The van der Waals surface area contributed by atoms with Crippen molar-refractivity contribution in [2.24, 2.45) is 7.05 Å². The van der Waals surface area contributed by atoms with E-state index in [-0.39, 0.29) is 5.69 Å². The van der Waals surface area contributed by atoms with Crippen molar-refractivity contribution in [3.8, 4) is 11.5 Å². The molecule has 0 aromatic carbocycles. The Hall–Kier alpha value is -1.62. The molecule has 2 rings (SSSR count). The fourth-order valence-corrected chi connectivity index (χ4v) is 1.42. The fourth-order valence-electron chi connectivity index (χ4n) is 1.22. The van der Waals surface area contributed by atoms with Gasteiger partial charge in [0.15, 0.2) is 5.76 Å². The predicted molar refractivity (Wildman–Crippen MR) is 54.6 cm³/mol. The van der Waals surface area contributed by atoms with Crippen LogP contribution in [0.2, 0.25) is 0 Å². The van der Waals surface area contributed by atoms with Crippen molar-refractivity contribution in [3.63, 3.8) is 0 Å². The summed E-state index contributed by atoms with van der Waals surface area (Å²) in [6.07, 6.45) is 1.56. The number of H-pyrrole nitrogens is 1. The van der Waals surface area contributed by atoms with E-state index in [0.717, 1.165) is 0 Å². The lowest BCUT2D eigenvalue weighted by Crippen LogP contribution is -2.21. The number of hydrogen-bond donors (Lipinski definition) is 1. The van der Waals surface area contributed by atoms with Gasteiger partial charge in [-0.15, -0.1) is 0 Å². The number of hydrogen-bond acceptors (Lipinski definition) is 3. The van der Waals surface area contributed by atoms with Gasteiger partial charge in [0, 0.05) is 13.1 Å². The molecule has 0 unspecified atom stereocenters. The summed E-state index contributed by atoms with van der Waals surface area (Å²) in [5.74, 6) is 0.629. The first-order chi connectivity index (χ1) is 6.68. The van der Waals surface area contributed by atoms with E-state index in [1.54, 1.807) is 31.5 Å². The molecule has 14 heavy (non-hydrogen) atoms. The molecule has 0 spiro atoms. The molecule has 0 aliphatic carbocycles. The number of nitrogens with zero attached hydrogens (tertiary/aromatic N) is 1. The van der Waals surface area contributed by atoms with Crippen LogP contribution in [0.25, 0.3) is 11.5 Å². The van der Waals surface area contributed by atoms with Crippen LogP contribution >= 0.6 is 12.2 Å². The average molecular weight is 208 g/mol. The fraction of sp³-hybridized carbons (Fsp3) is 0.111. The van der Waals surface area contributed by atoms with E-state index in [1.165, 1.54) is 4.57 Å². The molecular weight excluding hydrogens is 200 g/mol. The lowest BCUT2D eigenvalue weighted by molar-refractivity contribution is 0.573. The average Bonchev–Trinajstić information content (AvgIpc) is 2.63. The van der Waals surface area contributed by atoms with Crippen LogP contribution in [0.5, 0.6) is 0 Å². The third kappa shape index (κ3) is 1.42. The summed E-state index contributed by atoms with van der Waals surface area (Å²) >= 11 is 4.91. The van der Waals surface area contributed by atoms with Crippen LogP contribution in [0.1, 0.15) is 0 Å². The van der Waals surface area contributed by atoms with Gasteiger partial charge in [0.2, 0.25) is 0 Å². The molecule has 5 heteroatoms. The van der Waals surface area contributed by atoms with Crippen molar-refractivity contribution in [2.75, 3.05) is 0 Å². The summed E-state index contributed by atoms with van der Waals surface area (Å²) in [6, 6.07) is 5.23. The highest BCUT2D eigenvalue weighted by molar-refractivity contribution is 7.71. The summed E-state index contributed by atoms with van der Waals surface area (Å²) in [5, 5.41) is 0. The van der Waals surface area contributed by atoms with Gasteiger partial charge in [-0.25, -0.2) is 4.79 Å². The minimum Gasteiger partial charge on any atom is -0.463 e. The molecule has 0 atom stereocenters. The molecule has 1 N–H and O–H groups in total. The van der Waals surface area contributed by atoms with E-state index in [9.17, 15) is 4.79 Å². The van der Waals surface area contributed by atoms with E-state index in [1.807, 2.05) is 0 Å². The standard InChI is InChI=1S/C9H8N2O2S/c1-11-6(7-3-2-4-13-7)5-8(14)10-9(11)12/h2-5H,1H3,(H,10,12,14). The molecule has 0 saturated heterocycles. The third-order valence-electron chi connectivity index (χ3n) is 1.94. The molecule has 0 bridgehead atoms. The van der Waals surface area contributed by atoms with Gasteiger partial charge < -0.3 is 4.42 Å². The van der Waals surface area contributed by atoms with Crippen LogP contribution in [0.15, 0.2) is 33.7 Å². The molecule has 2 heterocycles. The smallest absolute Gasteiger partial charge is 0.326 e. The molecule has 0 amide bonds. The minimum atomic E-state index is -0.246. The summed E-state index contributed by atoms with van der Waals surface area (Å²) in [4.78, 5) is 13.9. The van der Waals surface area contributed by atoms with Crippen LogP contribution in [-0.2, 0) is 7.05 Å². The van der Waals surface area contributed by atoms with Gasteiger partial charge in [-0.2, -0.15) is 0 Å². The van der Waals surface area contributed by atoms with Crippen LogP contribution < -0.4 is 5.69 Å². The second kappa shape index (κ2) is 3.26. The normalized spacial score (nSPS) is 10.4. The molecule has 0 radical (unpaired) electrons. The maximum absolute atomic E-state index is 11.4. The Labute approximate surface area is 84.8 Å². The highest BCUT2D eigenvalue weighted by Gasteiger charge is 2.05. The Balaban J connectivity index is 2.77. The van der Waals surface area contributed by atoms with Crippen molar-refractivity contribution in [3.05, 3.63) is 39.6 Å². The highest BCUT2D eigenvalue weighted by atomic mass is 32.1. The third-order valence-corrected chi connectivity index (χ3v) is 2.16.